The fourth-order valence-corrected chi connectivity index (χ4v) is 6.04. The van der Waals surface area contributed by atoms with Gasteiger partial charge in [-0.3, -0.25) is 9.58 Å². The number of halogens is 3. The van der Waals surface area contributed by atoms with Crippen LogP contribution in [0.25, 0.3) is 11.3 Å². The summed E-state index contributed by atoms with van der Waals surface area (Å²) < 4.78 is 42.0. The molecule has 3 heterocycles. The van der Waals surface area contributed by atoms with Gasteiger partial charge in [0, 0.05) is 48.5 Å². The largest absolute Gasteiger partial charge is 0.419 e. The zero-order valence-electron chi connectivity index (χ0n) is 19.5. The van der Waals surface area contributed by atoms with Crippen LogP contribution in [-0.2, 0) is 6.18 Å². The summed E-state index contributed by atoms with van der Waals surface area (Å²) in [5, 5.41) is 4.70. The van der Waals surface area contributed by atoms with E-state index in [1.165, 1.54) is 38.5 Å². The Labute approximate surface area is 192 Å². The Bertz CT molecular complexity index is 1000. The van der Waals surface area contributed by atoms with Crippen molar-refractivity contribution in [2.45, 2.75) is 57.3 Å². The van der Waals surface area contributed by atoms with Gasteiger partial charge >= 0.3 is 6.18 Å². The Kier molecular flexibility index (Phi) is 5.68. The van der Waals surface area contributed by atoms with Crippen LogP contribution in [0.15, 0.2) is 18.3 Å². The summed E-state index contributed by atoms with van der Waals surface area (Å²) >= 11 is 0. The van der Waals surface area contributed by atoms with Gasteiger partial charge in [-0.2, -0.15) is 18.3 Å². The van der Waals surface area contributed by atoms with Crippen LogP contribution in [0.1, 0.15) is 56.3 Å². The molecule has 1 aliphatic heterocycles. The summed E-state index contributed by atoms with van der Waals surface area (Å²) in [6.07, 6.45) is 0.492. The average molecular weight is 463 g/mol. The number of hydrogen-bond donors (Lipinski definition) is 1. The molecule has 0 radical (unpaired) electrons. The average Bonchev–Trinajstić information content (AvgIpc) is 3.08. The number of rotatable bonds is 4. The first-order chi connectivity index (χ1) is 15.6. The highest BCUT2D eigenvalue weighted by molar-refractivity contribution is 5.63. The van der Waals surface area contributed by atoms with Gasteiger partial charge in [0.2, 0.25) is 0 Å². The van der Waals surface area contributed by atoms with Crippen LogP contribution < -0.4 is 5.73 Å². The number of aromatic nitrogens is 3. The van der Waals surface area contributed by atoms with Crippen LogP contribution in [0.4, 0.5) is 19.0 Å². The highest BCUT2D eigenvalue weighted by Crippen LogP contribution is 2.64. The van der Waals surface area contributed by atoms with Crippen molar-refractivity contribution in [3.63, 3.8) is 0 Å². The second kappa shape index (κ2) is 8.27. The Morgan fingerprint density at radius 2 is 1.79 bits per heavy atom. The molecule has 2 aromatic heterocycles. The van der Waals surface area contributed by atoms with Crippen molar-refractivity contribution >= 4 is 5.82 Å². The second-order valence-electron chi connectivity index (χ2n) is 10.3. The van der Waals surface area contributed by atoms with Crippen molar-refractivity contribution in [1.29, 1.82) is 0 Å². The minimum Gasteiger partial charge on any atom is -0.383 e. The van der Waals surface area contributed by atoms with Gasteiger partial charge in [0.15, 0.2) is 0 Å². The van der Waals surface area contributed by atoms with Gasteiger partial charge in [-0.15, -0.1) is 0 Å². The standard InChI is InChI=1S/C24H33F3N6/c1-14(2)33-21(12-20(30-33)15-9-19(24(25,26)27)23(28)29-13-15)22-17-10-16(11-18(17)22)32-6-4-5-31(3)7-8-32/h9,12-14,16-18,22H,4-8,10-11H2,1-3H3,(H2,28,29)/t16?,17-,18+,22+. The van der Waals surface area contributed by atoms with Gasteiger partial charge < -0.3 is 10.6 Å². The first-order valence-corrected chi connectivity index (χ1v) is 12.0. The van der Waals surface area contributed by atoms with E-state index >= 15 is 0 Å². The first-order valence-electron chi connectivity index (χ1n) is 12.0. The maximum Gasteiger partial charge on any atom is 0.419 e. The van der Waals surface area contributed by atoms with E-state index in [-0.39, 0.29) is 6.04 Å². The normalized spacial score (nSPS) is 28.8. The van der Waals surface area contributed by atoms with E-state index in [2.05, 4.69) is 35.7 Å². The molecule has 0 amide bonds. The second-order valence-corrected chi connectivity index (χ2v) is 10.3. The molecule has 0 aromatic carbocycles. The third-order valence-corrected chi connectivity index (χ3v) is 7.81. The number of nitrogen functional groups attached to an aromatic ring is 1. The summed E-state index contributed by atoms with van der Waals surface area (Å²) in [7, 11) is 2.20. The van der Waals surface area contributed by atoms with E-state index in [9.17, 15) is 13.2 Å². The zero-order chi connectivity index (χ0) is 23.5. The third-order valence-electron chi connectivity index (χ3n) is 7.81. The summed E-state index contributed by atoms with van der Waals surface area (Å²) in [6.45, 7) is 8.76. The maximum atomic E-state index is 13.3. The van der Waals surface area contributed by atoms with E-state index in [1.54, 1.807) is 0 Å². The number of anilines is 1. The Morgan fingerprint density at radius 1 is 1.06 bits per heavy atom. The zero-order valence-corrected chi connectivity index (χ0v) is 19.5. The predicted octanol–water partition coefficient (Wildman–Crippen LogP) is 4.26. The quantitative estimate of drug-likeness (QED) is 0.736. The molecule has 0 bridgehead atoms. The third kappa shape index (κ3) is 4.25. The van der Waals surface area contributed by atoms with Crippen molar-refractivity contribution in [3.8, 4) is 11.3 Å². The lowest BCUT2D eigenvalue weighted by molar-refractivity contribution is -0.137. The first kappa shape index (κ1) is 22.7. The molecule has 4 atom stereocenters. The predicted molar refractivity (Wildman–Crippen MR) is 122 cm³/mol. The number of hydrogen-bond acceptors (Lipinski definition) is 5. The molecule has 180 valence electrons. The van der Waals surface area contributed by atoms with Gasteiger partial charge in [-0.05, 0) is 77.2 Å². The molecule has 1 saturated heterocycles. The summed E-state index contributed by atoms with van der Waals surface area (Å²) in [6, 6.07) is 3.84. The van der Waals surface area contributed by atoms with Crippen LogP contribution in [0, 0.1) is 11.8 Å². The lowest BCUT2D eigenvalue weighted by atomic mass is 10.0. The molecule has 0 spiro atoms. The van der Waals surface area contributed by atoms with Gasteiger partial charge in [0.05, 0.1) is 11.3 Å². The van der Waals surface area contributed by atoms with Crippen LogP contribution in [-0.4, -0.2) is 63.8 Å². The molecule has 3 aliphatic rings. The highest BCUT2D eigenvalue weighted by atomic mass is 19.4. The smallest absolute Gasteiger partial charge is 0.383 e. The molecule has 5 rings (SSSR count). The summed E-state index contributed by atoms with van der Waals surface area (Å²) in [5.74, 6) is 1.24. The number of fused-ring (bicyclic) bond motifs is 1. The van der Waals surface area contributed by atoms with Gasteiger partial charge in [0.1, 0.15) is 5.82 Å². The van der Waals surface area contributed by atoms with E-state index in [4.69, 9.17) is 10.8 Å². The molecule has 2 aliphatic carbocycles. The molecule has 2 aromatic rings. The number of alkyl halides is 3. The van der Waals surface area contributed by atoms with E-state index in [0.29, 0.717) is 35.1 Å². The molecule has 3 fully saturated rings. The SMILES string of the molecule is CC(C)n1nc(-c2cnc(N)c(C(F)(F)F)c2)cc1[C@H]1[C@@H]2CC(N3CCCN(C)CC3)C[C@@H]21. The molecule has 2 saturated carbocycles. The minimum absolute atomic E-state index is 0.135. The molecule has 6 nitrogen and oxygen atoms in total. The van der Waals surface area contributed by atoms with Crippen molar-refractivity contribution in [1.82, 2.24) is 24.6 Å². The van der Waals surface area contributed by atoms with E-state index < -0.39 is 17.6 Å². The summed E-state index contributed by atoms with van der Waals surface area (Å²) in [4.78, 5) is 8.89. The van der Waals surface area contributed by atoms with Crippen molar-refractivity contribution in [2.75, 3.05) is 39.0 Å². The number of likely N-dealkylation sites (N-methyl/N-ethyl adjacent to an activating group) is 1. The molecule has 1 unspecified atom stereocenters. The number of pyridine rings is 1. The lowest BCUT2D eigenvalue weighted by Crippen LogP contribution is -2.37. The van der Waals surface area contributed by atoms with Crippen LogP contribution in [0.5, 0.6) is 0 Å². The molecule has 2 N–H and O–H groups in total. The Morgan fingerprint density at radius 3 is 2.45 bits per heavy atom. The van der Waals surface area contributed by atoms with Crippen LogP contribution in [0.3, 0.4) is 0 Å². The minimum atomic E-state index is -4.54. The maximum absolute atomic E-state index is 13.3. The Balaban J connectivity index is 1.35. The monoisotopic (exact) mass is 462 g/mol. The molecule has 9 heteroatoms. The number of nitrogens with zero attached hydrogens (tertiary/aromatic N) is 5. The molecule has 33 heavy (non-hydrogen) atoms. The summed E-state index contributed by atoms with van der Waals surface area (Å²) in [5.41, 5.74) is 6.62. The van der Waals surface area contributed by atoms with Crippen molar-refractivity contribution in [2.24, 2.45) is 11.8 Å². The van der Waals surface area contributed by atoms with Crippen molar-refractivity contribution < 1.29 is 13.2 Å². The number of nitrogens with two attached hydrogens (primary N) is 1. The topological polar surface area (TPSA) is 63.2 Å². The van der Waals surface area contributed by atoms with Crippen LogP contribution >= 0.6 is 0 Å². The van der Waals surface area contributed by atoms with Crippen LogP contribution in [0.2, 0.25) is 0 Å². The van der Waals surface area contributed by atoms with Gasteiger partial charge in [-0.1, -0.05) is 0 Å². The fraction of sp³-hybridized carbons (Fsp3) is 0.667. The van der Waals surface area contributed by atoms with Crippen molar-refractivity contribution in [3.05, 3.63) is 29.6 Å². The van der Waals surface area contributed by atoms with E-state index in [0.717, 1.165) is 24.8 Å². The lowest BCUT2D eigenvalue weighted by Gasteiger charge is -2.29. The Hall–Kier alpha value is -2.13. The fourth-order valence-electron chi connectivity index (χ4n) is 6.04. The molecular formula is C24H33F3N6. The highest BCUT2D eigenvalue weighted by Gasteiger charge is 2.58. The van der Waals surface area contributed by atoms with Gasteiger partial charge in [0.25, 0.3) is 0 Å². The molecular weight excluding hydrogens is 429 g/mol. The van der Waals surface area contributed by atoms with Gasteiger partial charge in [-0.25, -0.2) is 4.98 Å². The van der Waals surface area contributed by atoms with E-state index in [1.807, 2.05) is 10.7 Å².